The van der Waals surface area contributed by atoms with Crippen LogP contribution in [0.1, 0.15) is 49.4 Å². The maximum absolute atomic E-state index is 11.2. The Hall–Kier alpha value is -4.14. The van der Waals surface area contributed by atoms with E-state index in [1.807, 2.05) is 12.1 Å². The Morgan fingerprint density at radius 3 is 1.69 bits per heavy atom. The number of fused-ring (bicyclic) bond motifs is 3. The third-order valence-corrected chi connectivity index (χ3v) is 9.76. The Morgan fingerprint density at radius 1 is 0.744 bits per heavy atom. The van der Waals surface area contributed by atoms with Crippen molar-refractivity contribution < 1.29 is 9.90 Å². The molecule has 0 fully saturated rings. The Balaban J connectivity index is 1.75. The molecule has 4 nitrogen and oxygen atoms in total. The van der Waals surface area contributed by atoms with Gasteiger partial charge in [-0.25, -0.2) is 4.79 Å². The van der Waals surface area contributed by atoms with Crippen LogP contribution in [0.2, 0.25) is 0 Å². The Morgan fingerprint density at radius 2 is 1.23 bits per heavy atom. The first-order chi connectivity index (χ1) is 18.5. The molecule has 196 valence electrons. The molecular weight excluding hydrogens is 500 g/mol. The van der Waals surface area contributed by atoms with Crippen LogP contribution in [-0.2, 0) is 4.79 Å². The fourth-order valence-corrected chi connectivity index (χ4v) is 6.73. The van der Waals surface area contributed by atoms with Crippen molar-refractivity contribution >= 4 is 45.2 Å². The lowest BCUT2D eigenvalue weighted by Crippen LogP contribution is -2.01. The molecule has 39 heavy (non-hydrogen) atoms. The number of aliphatic carboxylic acids is 1. The van der Waals surface area contributed by atoms with Crippen molar-refractivity contribution in [3.63, 3.8) is 0 Å². The quantitative estimate of drug-likeness (QED) is 0.186. The molecule has 5 heteroatoms. The number of rotatable bonds is 4. The van der Waals surface area contributed by atoms with E-state index in [-0.39, 0.29) is 5.57 Å². The maximum Gasteiger partial charge on any atom is 0.346 e. The van der Waals surface area contributed by atoms with E-state index in [9.17, 15) is 9.90 Å². The van der Waals surface area contributed by atoms with Crippen LogP contribution in [-0.4, -0.2) is 15.6 Å². The minimum Gasteiger partial charge on any atom is -0.477 e. The van der Waals surface area contributed by atoms with Gasteiger partial charge in [-0.05, 0) is 136 Å². The highest BCUT2D eigenvalue weighted by Crippen LogP contribution is 2.43. The Labute approximate surface area is 233 Å². The molecule has 0 saturated heterocycles. The molecule has 0 saturated carbocycles. The van der Waals surface area contributed by atoms with Crippen LogP contribution >= 0.6 is 11.3 Å². The van der Waals surface area contributed by atoms with E-state index in [2.05, 4.69) is 84.2 Å². The lowest BCUT2D eigenvalue weighted by atomic mass is 9.90. The van der Waals surface area contributed by atoms with Gasteiger partial charge in [-0.3, -0.25) is 0 Å². The molecule has 5 rings (SSSR count). The summed E-state index contributed by atoms with van der Waals surface area (Å²) >= 11 is 1.47. The summed E-state index contributed by atoms with van der Waals surface area (Å²) in [6.07, 6.45) is 1.42. The number of carboxylic acid groups (broad SMARTS) is 1. The largest absolute Gasteiger partial charge is 0.477 e. The second-order valence-electron chi connectivity index (χ2n) is 10.5. The van der Waals surface area contributed by atoms with Gasteiger partial charge < -0.3 is 9.67 Å². The predicted octanol–water partition coefficient (Wildman–Crippen LogP) is 8.97. The number of nitrogens with zero attached hydrogens (tertiary/aromatic N) is 2. The average molecular weight is 533 g/mol. The SMILES string of the molecule is Cc1c(C)c(C)c2c(c1C)c1c(C)c(C)c(C)c(C)c1n2-c1ccc(-c2ccc(/C=C(\C#N)C(=O)O)s2)cc1. The molecule has 0 spiro atoms. The fourth-order valence-electron chi connectivity index (χ4n) is 5.77. The summed E-state index contributed by atoms with van der Waals surface area (Å²) in [5.41, 5.74) is 15.1. The van der Waals surface area contributed by atoms with E-state index in [1.54, 1.807) is 6.07 Å². The van der Waals surface area contributed by atoms with E-state index in [0.29, 0.717) is 0 Å². The van der Waals surface area contributed by atoms with E-state index in [4.69, 9.17) is 5.26 Å². The number of carbonyl (C=O) groups is 1. The van der Waals surface area contributed by atoms with Crippen molar-refractivity contribution in [1.82, 2.24) is 4.57 Å². The highest BCUT2D eigenvalue weighted by Gasteiger charge is 2.24. The summed E-state index contributed by atoms with van der Waals surface area (Å²) < 4.78 is 2.45. The number of thiophene rings is 1. The zero-order valence-electron chi connectivity index (χ0n) is 23.7. The second kappa shape index (κ2) is 9.55. The molecular formula is C34H32N2O2S. The van der Waals surface area contributed by atoms with Crippen LogP contribution < -0.4 is 0 Å². The van der Waals surface area contributed by atoms with Gasteiger partial charge in [0.1, 0.15) is 11.6 Å². The molecule has 0 aliphatic rings. The molecule has 2 aromatic heterocycles. The van der Waals surface area contributed by atoms with Gasteiger partial charge in [-0.1, -0.05) is 12.1 Å². The number of benzene rings is 3. The smallest absolute Gasteiger partial charge is 0.346 e. The van der Waals surface area contributed by atoms with Crippen LogP contribution in [0.3, 0.4) is 0 Å². The van der Waals surface area contributed by atoms with Crippen LogP contribution in [0.15, 0.2) is 42.0 Å². The first kappa shape index (κ1) is 26.5. The molecule has 3 aromatic carbocycles. The zero-order valence-corrected chi connectivity index (χ0v) is 24.5. The third-order valence-electron chi connectivity index (χ3n) is 8.68. The first-order valence-electron chi connectivity index (χ1n) is 13.0. The normalized spacial score (nSPS) is 11.9. The summed E-state index contributed by atoms with van der Waals surface area (Å²) in [5, 5.41) is 21.0. The van der Waals surface area contributed by atoms with Crippen molar-refractivity contribution in [2.45, 2.75) is 55.4 Å². The minimum atomic E-state index is -1.21. The van der Waals surface area contributed by atoms with Gasteiger partial charge in [-0.2, -0.15) is 5.26 Å². The molecule has 0 amide bonds. The van der Waals surface area contributed by atoms with E-state index < -0.39 is 5.97 Å². The van der Waals surface area contributed by atoms with E-state index in [1.165, 1.54) is 83.7 Å². The van der Waals surface area contributed by atoms with Gasteiger partial charge in [0.15, 0.2) is 0 Å². The molecule has 0 aliphatic heterocycles. The first-order valence-corrected chi connectivity index (χ1v) is 13.9. The lowest BCUT2D eigenvalue weighted by Gasteiger charge is -2.16. The van der Waals surface area contributed by atoms with Gasteiger partial charge in [0, 0.05) is 26.2 Å². The molecule has 5 aromatic rings. The summed E-state index contributed by atoms with van der Waals surface area (Å²) in [6, 6.07) is 14.2. The summed E-state index contributed by atoms with van der Waals surface area (Å²) in [7, 11) is 0. The third kappa shape index (κ3) is 3.99. The lowest BCUT2D eigenvalue weighted by molar-refractivity contribution is -0.132. The minimum absolute atomic E-state index is 0.266. The molecule has 2 heterocycles. The number of nitriles is 1. The van der Waals surface area contributed by atoms with Crippen molar-refractivity contribution in [2.75, 3.05) is 0 Å². The van der Waals surface area contributed by atoms with Crippen molar-refractivity contribution in [3.8, 4) is 22.2 Å². The van der Waals surface area contributed by atoms with Crippen molar-refractivity contribution in [2.24, 2.45) is 0 Å². The van der Waals surface area contributed by atoms with Crippen LogP contribution in [0, 0.1) is 66.7 Å². The van der Waals surface area contributed by atoms with Gasteiger partial charge in [0.05, 0.1) is 11.0 Å². The molecule has 0 aliphatic carbocycles. The Kier molecular flexibility index (Phi) is 6.48. The number of carboxylic acids is 1. The van der Waals surface area contributed by atoms with Crippen LogP contribution in [0.5, 0.6) is 0 Å². The number of hydrogen-bond donors (Lipinski definition) is 1. The summed E-state index contributed by atoms with van der Waals surface area (Å²) in [4.78, 5) is 13.0. The van der Waals surface area contributed by atoms with Gasteiger partial charge >= 0.3 is 5.97 Å². The molecule has 0 radical (unpaired) electrons. The highest BCUT2D eigenvalue weighted by molar-refractivity contribution is 7.16. The number of aromatic nitrogens is 1. The zero-order chi connectivity index (χ0) is 28.3. The molecule has 0 unspecified atom stereocenters. The van der Waals surface area contributed by atoms with E-state index >= 15 is 0 Å². The monoisotopic (exact) mass is 532 g/mol. The highest BCUT2D eigenvalue weighted by atomic mass is 32.1. The van der Waals surface area contributed by atoms with Gasteiger partial charge in [0.25, 0.3) is 0 Å². The second-order valence-corrected chi connectivity index (χ2v) is 11.6. The number of aryl methyl sites for hydroxylation is 4. The van der Waals surface area contributed by atoms with Crippen molar-refractivity contribution in [1.29, 1.82) is 5.26 Å². The fraction of sp³-hybridized carbons (Fsp3) is 0.235. The van der Waals surface area contributed by atoms with Crippen LogP contribution in [0.4, 0.5) is 0 Å². The molecule has 0 atom stereocenters. The Bertz CT molecular complexity index is 1830. The standard InChI is InChI=1S/C34H32N2O2S/c1-17-19(3)23(7)32-30(21(17)5)31-22(6)18(2)20(4)24(8)33(31)36(32)27-11-9-25(10-12-27)29-14-13-28(39-29)15-26(16-35)34(37)38/h9-15H,1-8H3,(H,37,38)/b26-15+. The van der Waals surface area contributed by atoms with Crippen LogP contribution in [0.25, 0.3) is 44.0 Å². The summed E-state index contributed by atoms with van der Waals surface area (Å²) in [5.74, 6) is -1.21. The van der Waals surface area contributed by atoms with E-state index in [0.717, 1.165) is 21.0 Å². The molecule has 0 bridgehead atoms. The average Bonchev–Trinajstić information content (AvgIpc) is 3.54. The summed E-state index contributed by atoms with van der Waals surface area (Å²) in [6.45, 7) is 17.9. The van der Waals surface area contributed by atoms with Gasteiger partial charge in [-0.15, -0.1) is 11.3 Å². The molecule has 1 N–H and O–H groups in total. The predicted molar refractivity (Wildman–Crippen MR) is 163 cm³/mol. The number of hydrogen-bond acceptors (Lipinski definition) is 3. The topological polar surface area (TPSA) is 66.0 Å². The maximum atomic E-state index is 11.2. The van der Waals surface area contributed by atoms with Crippen molar-refractivity contribution in [3.05, 3.63) is 91.4 Å². The van der Waals surface area contributed by atoms with Gasteiger partial charge in [0.2, 0.25) is 0 Å².